The van der Waals surface area contributed by atoms with Crippen molar-refractivity contribution in [2.24, 2.45) is 0 Å². The molecule has 1 aliphatic heterocycles. The van der Waals surface area contributed by atoms with Gasteiger partial charge in [-0.05, 0) is 46.4 Å². The molecule has 0 unspecified atom stereocenters. The van der Waals surface area contributed by atoms with Gasteiger partial charge in [0.25, 0.3) is 11.8 Å². The molecule has 6 nitrogen and oxygen atoms in total. The molecule has 1 aromatic heterocycles. The van der Waals surface area contributed by atoms with Crippen molar-refractivity contribution in [3.8, 4) is 11.3 Å². The maximum absolute atomic E-state index is 12.5. The van der Waals surface area contributed by atoms with Gasteiger partial charge in [0, 0.05) is 21.6 Å². The minimum absolute atomic E-state index is 0.00548. The largest absolute Gasteiger partial charge is 0.302 e. The van der Waals surface area contributed by atoms with Crippen molar-refractivity contribution in [2.45, 2.75) is 6.42 Å². The van der Waals surface area contributed by atoms with Crippen LogP contribution in [0.1, 0.15) is 26.3 Å². The zero-order valence-corrected chi connectivity index (χ0v) is 17.7. The summed E-state index contributed by atoms with van der Waals surface area (Å²) in [6.07, 6.45) is -0.00548. The Balaban J connectivity index is 1.50. The molecule has 0 atom stereocenters. The first kappa shape index (κ1) is 18.8. The molecule has 140 valence electrons. The van der Waals surface area contributed by atoms with Crippen LogP contribution >= 0.6 is 33.9 Å². The van der Waals surface area contributed by atoms with Crippen molar-refractivity contribution in [3.05, 3.63) is 68.1 Å². The van der Waals surface area contributed by atoms with Crippen LogP contribution in [0.5, 0.6) is 0 Å². The predicted molar refractivity (Wildman–Crippen MR) is 115 cm³/mol. The Morgan fingerprint density at radius 1 is 1.14 bits per heavy atom. The van der Waals surface area contributed by atoms with E-state index < -0.39 is 0 Å². The van der Waals surface area contributed by atoms with E-state index in [0.29, 0.717) is 21.8 Å². The van der Waals surface area contributed by atoms with Crippen LogP contribution in [0.3, 0.4) is 0 Å². The van der Waals surface area contributed by atoms with E-state index in [-0.39, 0.29) is 24.1 Å². The molecule has 0 spiro atoms. The minimum Gasteiger partial charge on any atom is -0.302 e. The fraction of sp³-hybridized carbons (Fsp3) is 0.100. The molecule has 0 saturated heterocycles. The average molecular weight is 503 g/mol. The van der Waals surface area contributed by atoms with Gasteiger partial charge in [0.05, 0.1) is 23.2 Å². The van der Waals surface area contributed by atoms with Crippen LogP contribution in [0, 0.1) is 3.57 Å². The number of carbonyl (C=O) groups is 3. The first-order valence-electron chi connectivity index (χ1n) is 8.39. The smallest absolute Gasteiger partial charge is 0.261 e. The van der Waals surface area contributed by atoms with Gasteiger partial charge in [-0.1, -0.05) is 24.3 Å². The summed E-state index contributed by atoms with van der Waals surface area (Å²) in [6, 6.07) is 12.9. The predicted octanol–water partition coefficient (Wildman–Crippen LogP) is 3.82. The Morgan fingerprint density at radius 3 is 2.64 bits per heavy atom. The number of thiazole rings is 1. The van der Waals surface area contributed by atoms with Gasteiger partial charge < -0.3 is 5.32 Å². The highest BCUT2D eigenvalue weighted by Crippen LogP contribution is 2.27. The highest BCUT2D eigenvalue weighted by Gasteiger charge is 2.34. The Bertz CT molecular complexity index is 1110. The van der Waals surface area contributed by atoms with Gasteiger partial charge in [-0.3, -0.25) is 19.3 Å². The van der Waals surface area contributed by atoms with E-state index in [1.54, 1.807) is 18.2 Å². The number of amides is 3. The number of halogens is 1. The second-order valence-corrected chi connectivity index (χ2v) is 8.38. The van der Waals surface area contributed by atoms with Crippen molar-refractivity contribution in [1.82, 2.24) is 9.88 Å². The zero-order chi connectivity index (χ0) is 19.8. The Morgan fingerprint density at radius 2 is 1.89 bits per heavy atom. The summed E-state index contributed by atoms with van der Waals surface area (Å²) >= 11 is 3.58. The van der Waals surface area contributed by atoms with Gasteiger partial charge in [0.15, 0.2) is 5.13 Å². The summed E-state index contributed by atoms with van der Waals surface area (Å²) in [5.41, 5.74) is 2.95. The zero-order valence-electron chi connectivity index (χ0n) is 14.7. The number of nitrogens with one attached hydrogen (secondary N) is 1. The topological polar surface area (TPSA) is 79.4 Å². The van der Waals surface area contributed by atoms with Crippen molar-refractivity contribution >= 4 is 56.8 Å². The number of anilines is 1. The Hall–Kier alpha value is -2.59. The highest BCUT2D eigenvalue weighted by molar-refractivity contribution is 14.1. The Labute approximate surface area is 178 Å². The third-order valence-electron chi connectivity index (χ3n) is 4.45. The first-order valence-corrected chi connectivity index (χ1v) is 10.4. The molecule has 0 radical (unpaired) electrons. The van der Waals surface area contributed by atoms with E-state index in [1.165, 1.54) is 18.4 Å². The molecular formula is C20H14IN3O3S. The standard InChI is InChI=1S/C20H14IN3O3S/c1-24-18(26)14-4-2-3-12(17(14)19(24)27)9-16(25)23-20-22-15(10-28-20)11-5-7-13(21)8-6-11/h2-8,10H,9H2,1H3,(H,22,23,25). The van der Waals surface area contributed by atoms with Gasteiger partial charge in [-0.2, -0.15) is 0 Å². The molecular weight excluding hydrogens is 489 g/mol. The van der Waals surface area contributed by atoms with Crippen LogP contribution in [0.2, 0.25) is 0 Å². The van der Waals surface area contributed by atoms with Crippen LogP contribution in [0.15, 0.2) is 47.8 Å². The molecule has 0 aliphatic carbocycles. The third-order valence-corrected chi connectivity index (χ3v) is 5.92. The van der Waals surface area contributed by atoms with Crippen molar-refractivity contribution in [2.75, 3.05) is 12.4 Å². The molecule has 8 heteroatoms. The number of hydrogen-bond donors (Lipinski definition) is 1. The lowest BCUT2D eigenvalue weighted by molar-refractivity contribution is -0.115. The van der Waals surface area contributed by atoms with Crippen LogP contribution < -0.4 is 5.32 Å². The van der Waals surface area contributed by atoms with Gasteiger partial charge in [-0.15, -0.1) is 11.3 Å². The molecule has 2 aromatic carbocycles. The van der Waals surface area contributed by atoms with E-state index >= 15 is 0 Å². The quantitative estimate of drug-likeness (QED) is 0.434. The number of carbonyl (C=O) groups excluding carboxylic acids is 3. The monoisotopic (exact) mass is 503 g/mol. The van der Waals surface area contributed by atoms with Crippen molar-refractivity contribution in [3.63, 3.8) is 0 Å². The lowest BCUT2D eigenvalue weighted by Gasteiger charge is -2.07. The van der Waals surface area contributed by atoms with Crippen LogP contribution in [0.4, 0.5) is 5.13 Å². The molecule has 3 amide bonds. The third kappa shape index (κ3) is 3.45. The van der Waals surface area contributed by atoms with E-state index in [4.69, 9.17) is 0 Å². The molecule has 28 heavy (non-hydrogen) atoms. The van der Waals surface area contributed by atoms with E-state index in [2.05, 4.69) is 32.9 Å². The maximum atomic E-state index is 12.5. The number of fused-ring (bicyclic) bond motifs is 1. The summed E-state index contributed by atoms with van der Waals surface area (Å²) < 4.78 is 1.14. The maximum Gasteiger partial charge on any atom is 0.261 e. The normalized spacial score (nSPS) is 13.0. The van der Waals surface area contributed by atoms with E-state index in [1.807, 2.05) is 29.6 Å². The van der Waals surface area contributed by atoms with E-state index in [0.717, 1.165) is 19.7 Å². The summed E-state index contributed by atoms with van der Waals surface area (Å²) in [7, 11) is 1.44. The summed E-state index contributed by atoms with van der Waals surface area (Å²) in [4.78, 5) is 42.4. The highest BCUT2D eigenvalue weighted by atomic mass is 127. The number of benzene rings is 2. The SMILES string of the molecule is CN1C(=O)c2cccc(CC(=O)Nc3nc(-c4ccc(I)cc4)cs3)c2C1=O. The Kier molecular flexibility index (Phi) is 4.98. The van der Waals surface area contributed by atoms with Crippen molar-refractivity contribution < 1.29 is 14.4 Å². The molecule has 2 heterocycles. The second kappa shape index (κ2) is 7.44. The fourth-order valence-electron chi connectivity index (χ4n) is 3.04. The van der Waals surface area contributed by atoms with Crippen LogP contribution in [-0.2, 0) is 11.2 Å². The average Bonchev–Trinajstić information content (AvgIpc) is 3.22. The van der Waals surface area contributed by atoms with Crippen molar-refractivity contribution in [1.29, 1.82) is 0 Å². The number of imide groups is 1. The molecule has 0 fully saturated rings. The number of aromatic nitrogens is 1. The van der Waals surface area contributed by atoms with Gasteiger partial charge in [0.2, 0.25) is 5.91 Å². The lowest BCUT2D eigenvalue weighted by atomic mass is 10.00. The van der Waals surface area contributed by atoms with Gasteiger partial charge in [-0.25, -0.2) is 4.98 Å². The second-order valence-electron chi connectivity index (χ2n) is 6.28. The lowest BCUT2D eigenvalue weighted by Crippen LogP contribution is -2.24. The fourth-order valence-corrected chi connectivity index (χ4v) is 4.14. The molecule has 1 N–H and O–H groups in total. The summed E-state index contributed by atoms with van der Waals surface area (Å²) in [6.45, 7) is 0. The first-order chi connectivity index (χ1) is 13.4. The number of hydrogen-bond acceptors (Lipinski definition) is 5. The van der Waals surface area contributed by atoms with Crippen LogP contribution in [-0.4, -0.2) is 34.7 Å². The molecule has 0 bridgehead atoms. The van der Waals surface area contributed by atoms with Crippen LogP contribution in [0.25, 0.3) is 11.3 Å². The molecule has 4 rings (SSSR count). The van der Waals surface area contributed by atoms with Gasteiger partial charge >= 0.3 is 0 Å². The van der Waals surface area contributed by atoms with E-state index in [9.17, 15) is 14.4 Å². The molecule has 0 saturated carbocycles. The molecule has 3 aromatic rings. The number of rotatable bonds is 4. The number of nitrogens with zero attached hydrogens (tertiary/aromatic N) is 2. The van der Waals surface area contributed by atoms with Gasteiger partial charge in [0.1, 0.15) is 0 Å². The minimum atomic E-state index is -0.376. The summed E-state index contributed by atoms with van der Waals surface area (Å²) in [5, 5.41) is 5.15. The summed E-state index contributed by atoms with van der Waals surface area (Å²) in [5.74, 6) is -1.00. The molecule has 1 aliphatic rings.